The third-order valence-electron chi connectivity index (χ3n) is 4.21. The summed E-state index contributed by atoms with van der Waals surface area (Å²) in [5, 5.41) is 5.21. The minimum atomic E-state index is -0.245. The number of hydrogen-bond donors (Lipinski definition) is 1. The molecule has 6 nitrogen and oxygen atoms in total. The van der Waals surface area contributed by atoms with Crippen molar-refractivity contribution in [2.75, 3.05) is 5.32 Å². The van der Waals surface area contributed by atoms with Gasteiger partial charge in [0, 0.05) is 33.4 Å². The van der Waals surface area contributed by atoms with Crippen LogP contribution in [0.15, 0.2) is 64.8 Å². The number of thiazole rings is 1. The molecule has 0 aliphatic heterocycles. The third kappa shape index (κ3) is 4.31. The average Bonchev–Trinajstić information content (AvgIpc) is 3.08. The highest BCUT2D eigenvalue weighted by atomic mass is 35.5. The SMILES string of the molecule is Cc1csc2nc(COc3ccc(NC(=O)c4cccc(Cl)c4)cc3)cc(=O)n12. The molecule has 4 aromatic rings. The van der Waals surface area contributed by atoms with Crippen LogP contribution >= 0.6 is 22.9 Å². The van der Waals surface area contributed by atoms with E-state index in [1.807, 2.05) is 12.3 Å². The van der Waals surface area contributed by atoms with Crippen molar-refractivity contribution in [3.8, 4) is 5.75 Å². The van der Waals surface area contributed by atoms with E-state index < -0.39 is 0 Å². The van der Waals surface area contributed by atoms with Crippen LogP contribution in [0.25, 0.3) is 4.96 Å². The molecular weight excluding hydrogens is 410 g/mol. The number of aromatic nitrogens is 2. The van der Waals surface area contributed by atoms with Gasteiger partial charge in [-0.1, -0.05) is 17.7 Å². The summed E-state index contributed by atoms with van der Waals surface area (Å²) in [6.07, 6.45) is 0. The second kappa shape index (κ2) is 8.06. The number of halogens is 1. The number of ether oxygens (including phenoxy) is 1. The van der Waals surface area contributed by atoms with Crippen LogP contribution in [0.1, 0.15) is 21.7 Å². The van der Waals surface area contributed by atoms with Crippen LogP contribution in [0.5, 0.6) is 5.75 Å². The molecule has 1 amide bonds. The van der Waals surface area contributed by atoms with E-state index in [4.69, 9.17) is 16.3 Å². The standard InChI is InChI=1S/C21H16ClN3O3S/c1-13-12-29-21-24-17(10-19(26)25(13)21)11-28-18-7-5-16(6-8-18)23-20(27)14-3-2-4-15(22)9-14/h2-10,12H,11H2,1H3,(H,23,27). The van der Waals surface area contributed by atoms with Gasteiger partial charge in [0.25, 0.3) is 11.5 Å². The Balaban J connectivity index is 1.41. The number of nitrogens with one attached hydrogen (secondary N) is 1. The summed E-state index contributed by atoms with van der Waals surface area (Å²) in [5.74, 6) is 0.362. The maximum absolute atomic E-state index is 12.3. The molecule has 0 atom stereocenters. The molecule has 146 valence electrons. The summed E-state index contributed by atoms with van der Waals surface area (Å²) in [7, 11) is 0. The van der Waals surface area contributed by atoms with Gasteiger partial charge >= 0.3 is 0 Å². The van der Waals surface area contributed by atoms with Gasteiger partial charge in [-0.3, -0.25) is 14.0 Å². The summed E-state index contributed by atoms with van der Waals surface area (Å²) >= 11 is 7.34. The van der Waals surface area contributed by atoms with E-state index in [9.17, 15) is 9.59 Å². The Morgan fingerprint density at radius 2 is 2.00 bits per heavy atom. The fraction of sp³-hybridized carbons (Fsp3) is 0.0952. The average molecular weight is 426 g/mol. The summed E-state index contributed by atoms with van der Waals surface area (Å²) in [5.41, 5.74) is 2.43. The van der Waals surface area contributed by atoms with Gasteiger partial charge in [0.05, 0.1) is 5.69 Å². The zero-order valence-corrected chi connectivity index (χ0v) is 17.0. The number of rotatable bonds is 5. The van der Waals surface area contributed by atoms with E-state index >= 15 is 0 Å². The van der Waals surface area contributed by atoms with Crippen molar-refractivity contribution in [1.29, 1.82) is 0 Å². The molecule has 0 radical (unpaired) electrons. The van der Waals surface area contributed by atoms with Crippen molar-refractivity contribution in [2.45, 2.75) is 13.5 Å². The zero-order chi connectivity index (χ0) is 20.4. The second-order valence-electron chi connectivity index (χ2n) is 6.36. The van der Waals surface area contributed by atoms with Crippen molar-refractivity contribution in [1.82, 2.24) is 9.38 Å². The lowest BCUT2D eigenvalue weighted by atomic mass is 10.2. The molecule has 4 rings (SSSR count). The van der Waals surface area contributed by atoms with Gasteiger partial charge in [-0.2, -0.15) is 0 Å². The van der Waals surface area contributed by atoms with Gasteiger partial charge in [0.1, 0.15) is 12.4 Å². The number of anilines is 1. The number of nitrogens with zero attached hydrogens (tertiary/aromatic N) is 2. The van der Waals surface area contributed by atoms with Gasteiger partial charge in [-0.15, -0.1) is 11.3 Å². The maximum Gasteiger partial charge on any atom is 0.259 e. The molecule has 2 aromatic carbocycles. The van der Waals surface area contributed by atoms with Gasteiger partial charge in [0.2, 0.25) is 0 Å². The monoisotopic (exact) mass is 425 g/mol. The molecule has 0 saturated carbocycles. The van der Waals surface area contributed by atoms with Crippen molar-refractivity contribution in [3.05, 3.63) is 92.3 Å². The van der Waals surface area contributed by atoms with Gasteiger partial charge in [-0.25, -0.2) is 4.98 Å². The Morgan fingerprint density at radius 3 is 2.76 bits per heavy atom. The van der Waals surface area contributed by atoms with Crippen LogP contribution in [-0.2, 0) is 6.61 Å². The first-order valence-electron chi connectivity index (χ1n) is 8.76. The minimum Gasteiger partial charge on any atom is -0.487 e. The van der Waals surface area contributed by atoms with Crippen LogP contribution in [0.4, 0.5) is 5.69 Å². The molecule has 1 N–H and O–H groups in total. The van der Waals surface area contributed by atoms with Gasteiger partial charge in [0.15, 0.2) is 4.96 Å². The predicted octanol–water partition coefficient (Wildman–Crippen LogP) is 4.55. The number of benzene rings is 2. The van der Waals surface area contributed by atoms with Gasteiger partial charge in [-0.05, 0) is 49.4 Å². The first-order chi connectivity index (χ1) is 14.0. The molecule has 0 unspecified atom stereocenters. The molecule has 0 aliphatic carbocycles. The van der Waals surface area contributed by atoms with Crippen LogP contribution in [0, 0.1) is 6.92 Å². The zero-order valence-electron chi connectivity index (χ0n) is 15.4. The van der Waals surface area contributed by atoms with Crippen molar-refractivity contribution in [2.24, 2.45) is 0 Å². The van der Waals surface area contributed by atoms with Crippen molar-refractivity contribution in [3.63, 3.8) is 0 Å². The molecule has 0 aliphatic rings. The number of amides is 1. The molecule has 0 spiro atoms. The smallest absolute Gasteiger partial charge is 0.259 e. The van der Waals surface area contributed by atoms with Crippen LogP contribution in [0.2, 0.25) is 5.02 Å². The molecular formula is C21H16ClN3O3S. The van der Waals surface area contributed by atoms with E-state index in [-0.39, 0.29) is 18.1 Å². The topological polar surface area (TPSA) is 72.7 Å². The number of hydrogen-bond acceptors (Lipinski definition) is 5. The fourth-order valence-corrected chi connectivity index (χ4v) is 3.88. The highest BCUT2D eigenvalue weighted by Crippen LogP contribution is 2.19. The van der Waals surface area contributed by atoms with Crippen molar-refractivity contribution < 1.29 is 9.53 Å². The lowest BCUT2D eigenvalue weighted by molar-refractivity contribution is 0.102. The Kier molecular flexibility index (Phi) is 5.33. The Morgan fingerprint density at radius 1 is 1.21 bits per heavy atom. The van der Waals surface area contributed by atoms with E-state index in [0.717, 1.165) is 5.69 Å². The highest BCUT2D eigenvalue weighted by molar-refractivity contribution is 7.15. The highest BCUT2D eigenvalue weighted by Gasteiger charge is 2.08. The number of aryl methyl sites for hydroxylation is 1. The molecule has 0 fully saturated rings. The Labute approximate surface area is 175 Å². The molecule has 0 bridgehead atoms. The van der Waals surface area contributed by atoms with Crippen LogP contribution in [0.3, 0.4) is 0 Å². The molecule has 2 heterocycles. The largest absolute Gasteiger partial charge is 0.487 e. The van der Waals surface area contributed by atoms with Gasteiger partial charge < -0.3 is 10.1 Å². The Bertz CT molecular complexity index is 1250. The second-order valence-corrected chi connectivity index (χ2v) is 7.63. The number of carbonyl (C=O) groups is 1. The summed E-state index contributed by atoms with van der Waals surface area (Å²) in [6, 6.07) is 15.2. The van der Waals surface area contributed by atoms with Crippen molar-refractivity contribution >= 4 is 39.5 Å². The molecule has 8 heteroatoms. The summed E-state index contributed by atoms with van der Waals surface area (Å²) < 4.78 is 7.30. The van der Waals surface area contributed by atoms with E-state index in [1.165, 1.54) is 17.4 Å². The quantitative estimate of drug-likeness (QED) is 0.509. The first kappa shape index (κ1) is 19.2. The lowest BCUT2D eigenvalue weighted by Gasteiger charge is -2.09. The fourth-order valence-electron chi connectivity index (χ4n) is 2.80. The first-order valence-corrected chi connectivity index (χ1v) is 10.0. The minimum absolute atomic E-state index is 0.119. The number of carbonyl (C=O) groups excluding carboxylic acids is 1. The van der Waals surface area contributed by atoms with E-state index in [2.05, 4.69) is 10.3 Å². The van der Waals surface area contributed by atoms with E-state index in [1.54, 1.807) is 52.9 Å². The normalized spacial score (nSPS) is 10.8. The predicted molar refractivity (Wildman–Crippen MR) is 114 cm³/mol. The molecule has 29 heavy (non-hydrogen) atoms. The summed E-state index contributed by atoms with van der Waals surface area (Å²) in [6.45, 7) is 2.05. The number of fused-ring (bicyclic) bond motifs is 1. The maximum atomic E-state index is 12.3. The van der Waals surface area contributed by atoms with Crippen LogP contribution < -0.4 is 15.6 Å². The molecule has 0 saturated heterocycles. The third-order valence-corrected chi connectivity index (χ3v) is 5.39. The lowest BCUT2D eigenvalue weighted by Crippen LogP contribution is -2.16. The Hall–Kier alpha value is -3.16. The molecule has 2 aromatic heterocycles. The van der Waals surface area contributed by atoms with E-state index in [0.29, 0.717) is 32.7 Å². The summed E-state index contributed by atoms with van der Waals surface area (Å²) in [4.78, 5) is 29.6. The van der Waals surface area contributed by atoms with Crippen LogP contribution in [-0.4, -0.2) is 15.3 Å².